The lowest BCUT2D eigenvalue weighted by Crippen LogP contribution is -2.44. The molecule has 3 aromatic rings. The normalized spacial score (nSPS) is 16.9. The topological polar surface area (TPSA) is 57.4 Å². The van der Waals surface area contributed by atoms with Crippen molar-refractivity contribution in [3.8, 4) is 0 Å². The zero-order valence-corrected chi connectivity index (χ0v) is 18.9. The van der Waals surface area contributed by atoms with E-state index in [4.69, 9.17) is 17.0 Å². The third-order valence-corrected chi connectivity index (χ3v) is 6.28. The Morgan fingerprint density at radius 3 is 2.81 bits per heavy atom. The Bertz CT molecular complexity index is 1110. The number of thiocarbonyl (C=S) groups is 1. The minimum atomic E-state index is -0.0713. The van der Waals surface area contributed by atoms with E-state index in [0.717, 1.165) is 35.9 Å². The Labute approximate surface area is 188 Å². The number of para-hydroxylation sites is 1. The van der Waals surface area contributed by atoms with E-state index >= 15 is 0 Å². The molecule has 2 atom stereocenters. The van der Waals surface area contributed by atoms with E-state index in [1.165, 1.54) is 5.56 Å². The van der Waals surface area contributed by atoms with Crippen molar-refractivity contribution in [3.63, 3.8) is 0 Å². The number of aryl methyl sites for hydroxylation is 1. The first-order valence-electron chi connectivity index (χ1n) is 10.8. The van der Waals surface area contributed by atoms with Crippen LogP contribution < -0.4 is 10.9 Å². The summed E-state index contributed by atoms with van der Waals surface area (Å²) in [4.78, 5) is 18.0. The number of pyridine rings is 1. The zero-order valence-electron chi connectivity index (χ0n) is 18.1. The maximum atomic E-state index is 12.8. The van der Waals surface area contributed by atoms with Gasteiger partial charge >= 0.3 is 0 Å². The van der Waals surface area contributed by atoms with Crippen molar-refractivity contribution in [3.05, 3.63) is 81.6 Å². The predicted molar refractivity (Wildman–Crippen MR) is 129 cm³/mol. The van der Waals surface area contributed by atoms with E-state index < -0.39 is 0 Å². The molecule has 4 rings (SSSR count). The molecule has 2 aromatic carbocycles. The van der Waals surface area contributed by atoms with E-state index in [1.807, 2.05) is 49.4 Å². The van der Waals surface area contributed by atoms with Crippen LogP contribution in [-0.4, -0.2) is 34.3 Å². The van der Waals surface area contributed by atoms with Crippen LogP contribution >= 0.6 is 12.2 Å². The van der Waals surface area contributed by atoms with Crippen LogP contribution in [0.25, 0.3) is 10.9 Å². The molecule has 1 saturated heterocycles. The summed E-state index contributed by atoms with van der Waals surface area (Å²) in [6.07, 6.45) is 2.21. The number of H-pyrrole nitrogens is 1. The molecule has 1 aromatic heterocycles. The minimum Gasteiger partial charge on any atom is -0.376 e. The molecule has 1 aliphatic heterocycles. The molecule has 1 fully saturated rings. The number of hydrogen-bond acceptors (Lipinski definition) is 3. The first kappa shape index (κ1) is 21.5. The number of ether oxygens (including phenoxy) is 1. The molecule has 1 aliphatic rings. The largest absolute Gasteiger partial charge is 0.376 e. The monoisotopic (exact) mass is 435 g/mol. The maximum absolute atomic E-state index is 12.8. The van der Waals surface area contributed by atoms with Gasteiger partial charge in [-0.3, -0.25) is 4.79 Å². The molecule has 0 saturated carbocycles. The molecule has 0 bridgehead atoms. The van der Waals surface area contributed by atoms with Crippen LogP contribution in [0.3, 0.4) is 0 Å². The van der Waals surface area contributed by atoms with Crippen molar-refractivity contribution in [2.45, 2.75) is 45.4 Å². The van der Waals surface area contributed by atoms with E-state index in [2.05, 4.69) is 34.3 Å². The van der Waals surface area contributed by atoms with Crippen molar-refractivity contribution in [1.29, 1.82) is 0 Å². The Hall–Kier alpha value is -2.70. The zero-order chi connectivity index (χ0) is 21.8. The van der Waals surface area contributed by atoms with Gasteiger partial charge in [0.15, 0.2) is 5.11 Å². The summed E-state index contributed by atoms with van der Waals surface area (Å²) in [6, 6.07) is 18.3. The number of aromatic nitrogens is 1. The van der Waals surface area contributed by atoms with Crippen LogP contribution in [0.5, 0.6) is 0 Å². The second-order valence-corrected chi connectivity index (χ2v) is 8.65. The second kappa shape index (κ2) is 9.62. The SMILES string of the molecule is Cc1cccc2cc(CN(C[C@H]3CCCO3)C(=S)N[C@H](C)c3ccccc3)c(=O)[nH]c12. The fourth-order valence-corrected chi connectivity index (χ4v) is 4.42. The molecule has 0 radical (unpaired) electrons. The fourth-order valence-electron chi connectivity index (χ4n) is 4.11. The highest BCUT2D eigenvalue weighted by atomic mass is 32.1. The standard InChI is InChI=1S/C25H29N3O2S/c1-17-8-6-11-20-14-21(24(29)27-23(17)20)15-28(16-22-12-7-13-30-22)25(31)26-18(2)19-9-4-3-5-10-19/h3-6,8-11,14,18,22H,7,12-13,15-16H2,1-2H3,(H,26,31)(H,27,29)/t18-,22-/m1/s1. The Kier molecular flexibility index (Phi) is 6.68. The highest BCUT2D eigenvalue weighted by Gasteiger charge is 2.23. The van der Waals surface area contributed by atoms with E-state index in [9.17, 15) is 4.79 Å². The molecular formula is C25H29N3O2S. The Balaban J connectivity index is 1.57. The van der Waals surface area contributed by atoms with E-state index in [1.54, 1.807) is 0 Å². The molecule has 0 unspecified atom stereocenters. The number of rotatable bonds is 6. The van der Waals surface area contributed by atoms with Gasteiger partial charge in [0.2, 0.25) is 0 Å². The number of nitrogens with zero attached hydrogens (tertiary/aromatic N) is 1. The third-order valence-electron chi connectivity index (χ3n) is 5.90. The van der Waals surface area contributed by atoms with Gasteiger partial charge in [0, 0.05) is 18.7 Å². The van der Waals surface area contributed by atoms with Crippen LogP contribution in [0.2, 0.25) is 0 Å². The lowest BCUT2D eigenvalue weighted by molar-refractivity contribution is 0.0895. The van der Waals surface area contributed by atoms with Crippen molar-refractivity contribution >= 4 is 28.2 Å². The molecule has 2 heterocycles. The molecule has 0 aliphatic carbocycles. The summed E-state index contributed by atoms with van der Waals surface area (Å²) in [5.74, 6) is 0. The summed E-state index contributed by atoms with van der Waals surface area (Å²) >= 11 is 5.79. The summed E-state index contributed by atoms with van der Waals surface area (Å²) in [5, 5.41) is 5.11. The number of benzene rings is 2. The molecule has 31 heavy (non-hydrogen) atoms. The smallest absolute Gasteiger partial charge is 0.253 e. The van der Waals surface area contributed by atoms with Gasteiger partial charge in [-0.25, -0.2) is 0 Å². The molecule has 0 spiro atoms. The van der Waals surface area contributed by atoms with Crippen LogP contribution in [0.4, 0.5) is 0 Å². The van der Waals surface area contributed by atoms with Gasteiger partial charge in [0.25, 0.3) is 5.56 Å². The molecular weight excluding hydrogens is 406 g/mol. The van der Waals surface area contributed by atoms with E-state index in [0.29, 0.717) is 23.8 Å². The van der Waals surface area contributed by atoms with Gasteiger partial charge in [0.1, 0.15) is 0 Å². The summed E-state index contributed by atoms with van der Waals surface area (Å²) in [7, 11) is 0. The summed E-state index contributed by atoms with van der Waals surface area (Å²) in [5.41, 5.74) is 3.75. The van der Waals surface area contributed by atoms with Gasteiger partial charge in [-0.05, 0) is 61.5 Å². The van der Waals surface area contributed by atoms with Crippen molar-refractivity contribution in [1.82, 2.24) is 15.2 Å². The second-order valence-electron chi connectivity index (χ2n) is 8.26. The summed E-state index contributed by atoms with van der Waals surface area (Å²) in [6.45, 7) is 5.99. The average molecular weight is 436 g/mol. The van der Waals surface area contributed by atoms with Gasteiger partial charge in [-0.15, -0.1) is 0 Å². The van der Waals surface area contributed by atoms with Crippen molar-refractivity contribution < 1.29 is 4.74 Å². The molecule has 6 heteroatoms. The molecule has 2 N–H and O–H groups in total. The first-order valence-corrected chi connectivity index (χ1v) is 11.3. The van der Waals surface area contributed by atoms with Crippen LogP contribution in [0.1, 0.15) is 42.5 Å². The lowest BCUT2D eigenvalue weighted by atomic mass is 10.1. The third kappa shape index (κ3) is 5.14. The van der Waals surface area contributed by atoms with Gasteiger partial charge < -0.3 is 19.9 Å². The molecule has 5 nitrogen and oxygen atoms in total. The van der Waals surface area contributed by atoms with Gasteiger partial charge in [0.05, 0.1) is 24.2 Å². The first-order chi connectivity index (χ1) is 15.0. The quantitative estimate of drug-likeness (QED) is 0.560. The summed E-state index contributed by atoms with van der Waals surface area (Å²) < 4.78 is 5.86. The number of aromatic amines is 1. The molecule has 0 amide bonds. The Morgan fingerprint density at radius 1 is 1.26 bits per heavy atom. The highest BCUT2D eigenvalue weighted by Crippen LogP contribution is 2.19. The Morgan fingerprint density at radius 2 is 2.06 bits per heavy atom. The number of hydrogen-bond donors (Lipinski definition) is 2. The van der Waals surface area contributed by atoms with Crippen LogP contribution in [-0.2, 0) is 11.3 Å². The molecule has 162 valence electrons. The van der Waals surface area contributed by atoms with Crippen molar-refractivity contribution in [2.75, 3.05) is 13.2 Å². The van der Waals surface area contributed by atoms with Crippen LogP contribution in [0, 0.1) is 6.92 Å². The lowest BCUT2D eigenvalue weighted by Gasteiger charge is -2.30. The van der Waals surface area contributed by atoms with Crippen molar-refractivity contribution in [2.24, 2.45) is 0 Å². The fraction of sp³-hybridized carbons (Fsp3) is 0.360. The van der Waals surface area contributed by atoms with E-state index in [-0.39, 0.29) is 17.7 Å². The van der Waals surface area contributed by atoms with Gasteiger partial charge in [-0.2, -0.15) is 0 Å². The highest BCUT2D eigenvalue weighted by molar-refractivity contribution is 7.80. The predicted octanol–water partition coefficient (Wildman–Crippen LogP) is 4.45. The van der Waals surface area contributed by atoms with Gasteiger partial charge in [-0.1, -0.05) is 48.5 Å². The van der Waals surface area contributed by atoms with Crippen LogP contribution in [0.15, 0.2) is 59.4 Å². The number of fused-ring (bicyclic) bond motifs is 1. The number of nitrogens with one attached hydrogen (secondary N) is 2. The average Bonchev–Trinajstić information content (AvgIpc) is 3.28. The maximum Gasteiger partial charge on any atom is 0.253 e. The minimum absolute atomic E-state index is 0.0678.